The summed E-state index contributed by atoms with van der Waals surface area (Å²) in [6.45, 7) is 4.23. The van der Waals surface area contributed by atoms with Gasteiger partial charge in [-0.25, -0.2) is 4.68 Å². The molecule has 0 aliphatic carbocycles. The molecule has 1 aromatic heterocycles. The number of anilines is 1. The van der Waals surface area contributed by atoms with E-state index in [1.165, 1.54) is 26.9 Å². The Kier molecular flexibility index (Phi) is 7.91. The highest BCUT2D eigenvalue weighted by Gasteiger charge is 2.31. The second kappa shape index (κ2) is 11.1. The number of aryl methyl sites for hydroxylation is 1. The van der Waals surface area contributed by atoms with Crippen LogP contribution in [0.15, 0.2) is 64.3 Å². The molecule has 0 saturated carbocycles. The van der Waals surface area contributed by atoms with Gasteiger partial charge < -0.3 is 5.32 Å². The Hall–Kier alpha value is -3.43. The minimum atomic E-state index is -0.288. The zero-order valence-electron chi connectivity index (χ0n) is 20.5. The normalized spacial score (nSPS) is 14.6. The predicted octanol–water partition coefficient (Wildman–Crippen LogP) is 4.67. The Morgan fingerprint density at radius 1 is 1.08 bits per heavy atom. The number of rotatable bonds is 8. The fraction of sp³-hybridized carbons (Fsp3) is 0.259. The molecule has 1 aliphatic rings. The summed E-state index contributed by atoms with van der Waals surface area (Å²) in [6.07, 6.45) is 3.40. The number of benzene rings is 2. The summed E-state index contributed by atoms with van der Waals surface area (Å²) in [5, 5.41) is 2.76. The number of thioether (sulfide) groups is 1. The van der Waals surface area contributed by atoms with E-state index in [0.717, 1.165) is 17.7 Å². The largest absolute Gasteiger partial charge is 0.320 e. The SMILES string of the molecule is CCc1ccc(C=C2SC(=S)N(CCCC(=O)Nc3c(C)n(C)n(-c4ccccc4)c3=O)C2=O)cc1. The van der Waals surface area contributed by atoms with Crippen LogP contribution in [-0.4, -0.2) is 36.9 Å². The Bertz CT molecular complexity index is 1390. The lowest BCUT2D eigenvalue weighted by Crippen LogP contribution is -2.30. The number of aromatic nitrogens is 2. The van der Waals surface area contributed by atoms with Crippen LogP contribution in [0.25, 0.3) is 11.8 Å². The van der Waals surface area contributed by atoms with Crippen molar-refractivity contribution >= 4 is 51.9 Å². The Morgan fingerprint density at radius 2 is 1.78 bits per heavy atom. The number of carbonyl (C=O) groups is 2. The monoisotopic (exact) mass is 520 g/mol. The minimum Gasteiger partial charge on any atom is -0.320 e. The molecule has 1 aliphatic heterocycles. The van der Waals surface area contributed by atoms with Gasteiger partial charge >= 0.3 is 0 Å². The third kappa shape index (κ3) is 5.37. The molecule has 1 saturated heterocycles. The van der Waals surface area contributed by atoms with Crippen LogP contribution in [-0.2, 0) is 23.1 Å². The van der Waals surface area contributed by atoms with Gasteiger partial charge in [-0.1, -0.05) is 73.4 Å². The average molecular weight is 521 g/mol. The first kappa shape index (κ1) is 25.7. The zero-order valence-corrected chi connectivity index (χ0v) is 22.1. The molecule has 186 valence electrons. The number of hydrogen-bond acceptors (Lipinski definition) is 5. The lowest BCUT2D eigenvalue weighted by atomic mass is 10.1. The molecule has 0 atom stereocenters. The van der Waals surface area contributed by atoms with E-state index < -0.39 is 0 Å². The molecule has 0 radical (unpaired) electrons. The van der Waals surface area contributed by atoms with Gasteiger partial charge in [-0.3, -0.25) is 24.0 Å². The first-order chi connectivity index (χ1) is 17.3. The molecule has 2 heterocycles. The Morgan fingerprint density at radius 3 is 2.44 bits per heavy atom. The van der Waals surface area contributed by atoms with E-state index >= 15 is 0 Å². The van der Waals surface area contributed by atoms with Crippen LogP contribution in [0.2, 0.25) is 0 Å². The number of para-hydroxylation sites is 1. The van der Waals surface area contributed by atoms with Gasteiger partial charge in [-0.05, 0) is 49.1 Å². The van der Waals surface area contributed by atoms with Gasteiger partial charge in [-0.2, -0.15) is 0 Å². The number of nitrogens with zero attached hydrogens (tertiary/aromatic N) is 3. The molecule has 1 N–H and O–H groups in total. The number of amides is 2. The standard InChI is InChI=1S/C27H28N4O3S2/c1-4-19-12-14-20(15-13-19)17-22-25(33)30(27(35)36-22)16-8-11-23(32)28-24-18(2)29(3)31(26(24)34)21-9-6-5-7-10-21/h5-7,9-10,12-15,17H,4,8,11,16H2,1-3H3,(H,28,32). The topological polar surface area (TPSA) is 76.3 Å². The van der Waals surface area contributed by atoms with Crippen LogP contribution in [0.5, 0.6) is 0 Å². The summed E-state index contributed by atoms with van der Waals surface area (Å²) in [6, 6.07) is 17.3. The van der Waals surface area contributed by atoms with Gasteiger partial charge in [0.05, 0.1) is 16.3 Å². The molecule has 2 aromatic carbocycles. The summed E-state index contributed by atoms with van der Waals surface area (Å²) in [7, 11) is 1.78. The number of thiocarbonyl (C=S) groups is 1. The van der Waals surface area contributed by atoms with Gasteiger partial charge in [0, 0.05) is 20.0 Å². The van der Waals surface area contributed by atoms with Crippen LogP contribution in [0.3, 0.4) is 0 Å². The second-order valence-electron chi connectivity index (χ2n) is 8.52. The Labute approximate surface area is 219 Å². The van der Waals surface area contributed by atoms with E-state index in [0.29, 0.717) is 27.9 Å². The molecule has 2 amide bonds. The van der Waals surface area contributed by atoms with Gasteiger partial charge in [0.15, 0.2) is 0 Å². The molecule has 9 heteroatoms. The van der Waals surface area contributed by atoms with E-state index in [1.54, 1.807) is 18.7 Å². The third-order valence-corrected chi connectivity index (χ3v) is 7.54. The van der Waals surface area contributed by atoms with Crippen LogP contribution in [0.4, 0.5) is 5.69 Å². The molecular formula is C27H28N4O3S2. The molecule has 0 spiro atoms. The van der Waals surface area contributed by atoms with Gasteiger partial charge in [0.25, 0.3) is 11.5 Å². The molecule has 36 heavy (non-hydrogen) atoms. The smallest absolute Gasteiger partial charge is 0.295 e. The number of carbonyl (C=O) groups excluding carboxylic acids is 2. The molecular weight excluding hydrogens is 492 g/mol. The molecule has 1 fully saturated rings. The fourth-order valence-corrected chi connectivity index (χ4v) is 5.31. The highest BCUT2D eigenvalue weighted by atomic mass is 32.2. The summed E-state index contributed by atoms with van der Waals surface area (Å²) >= 11 is 6.69. The highest BCUT2D eigenvalue weighted by Crippen LogP contribution is 2.32. The lowest BCUT2D eigenvalue weighted by Gasteiger charge is -2.14. The quantitative estimate of drug-likeness (QED) is 0.345. The van der Waals surface area contributed by atoms with Gasteiger partial charge in [0.1, 0.15) is 10.0 Å². The maximum absolute atomic E-state index is 13.0. The summed E-state index contributed by atoms with van der Waals surface area (Å²) in [5.74, 6) is -0.423. The van der Waals surface area contributed by atoms with Crippen molar-refractivity contribution in [2.24, 2.45) is 7.05 Å². The van der Waals surface area contributed by atoms with Crippen molar-refractivity contribution in [1.29, 1.82) is 0 Å². The van der Waals surface area contributed by atoms with E-state index in [-0.39, 0.29) is 29.5 Å². The van der Waals surface area contributed by atoms with Crippen molar-refractivity contribution in [2.45, 2.75) is 33.1 Å². The van der Waals surface area contributed by atoms with Crippen molar-refractivity contribution in [3.8, 4) is 5.69 Å². The van der Waals surface area contributed by atoms with Crippen molar-refractivity contribution in [2.75, 3.05) is 11.9 Å². The first-order valence-corrected chi connectivity index (χ1v) is 13.0. The molecule has 0 unspecified atom stereocenters. The average Bonchev–Trinajstić information content (AvgIpc) is 3.26. The minimum absolute atomic E-state index is 0.144. The van der Waals surface area contributed by atoms with Gasteiger partial charge in [-0.15, -0.1) is 0 Å². The predicted molar refractivity (Wildman–Crippen MR) is 149 cm³/mol. The second-order valence-corrected chi connectivity index (χ2v) is 10.2. The zero-order chi connectivity index (χ0) is 25.8. The molecule has 3 aromatic rings. The van der Waals surface area contributed by atoms with Crippen molar-refractivity contribution < 1.29 is 9.59 Å². The molecule has 0 bridgehead atoms. The molecule has 4 rings (SSSR count). The van der Waals surface area contributed by atoms with E-state index in [1.807, 2.05) is 60.7 Å². The fourth-order valence-electron chi connectivity index (χ4n) is 4.01. The van der Waals surface area contributed by atoms with Crippen LogP contribution < -0.4 is 10.9 Å². The highest BCUT2D eigenvalue weighted by molar-refractivity contribution is 8.26. The first-order valence-electron chi connectivity index (χ1n) is 11.8. The lowest BCUT2D eigenvalue weighted by molar-refractivity contribution is -0.122. The summed E-state index contributed by atoms with van der Waals surface area (Å²) in [5.41, 5.74) is 3.54. The van der Waals surface area contributed by atoms with Gasteiger partial charge in [0.2, 0.25) is 5.91 Å². The van der Waals surface area contributed by atoms with E-state index in [9.17, 15) is 14.4 Å². The van der Waals surface area contributed by atoms with E-state index in [2.05, 4.69) is 12.2 Å². The molecule has 7 nitrogen and oxygen atoms in total. The maximum Gasteiger partial charge on any atom is 0.295 e. The number of hydrogen-bond donors (Lipinski definition) is 1. The van der Waals surface area contributed by atoms with Crippen LogP contribution in [0.1, 0.15) is 36.6 Å². The van der Waals surface area contributed by atoms with Crippen LogP contribution in [0, 0.1) is 6.92 Å². The maximum atomic E-state index is 13.0. The number of nitrogens with one attached hydrogen (secondary N) is 1. The van der Waals surface area contributed by atoms with Crippen molar-refractivity contribution in [1.82, 2.24) is 14.3 Å². The Balaban J connectivity index is 1.36. The van der Waals surface area contributed by atoms with Crippen molar-refractivity contribution in [3.05, 3.63) is 86.7 Å². The summed E-state index contributed by atoms with van der Waals surface area (Å²) in [4.78, 5) is 40.6. The third-order valence-electron chi connectivity index (χ3n) is 6.16. The van der Waals surface area contributed by atoms with Crippen molar-refractivity contribution in [3.63, 3.8) is 0 Å². The van der Waals surface area contributed by atoms with E-state index in [4.69, 9.17) is 12.2 Å². The summed E-state index contributed by atoms with van der Waals surface area (Å²) < 4.78 is 3.73. The van der Waals surface area contributed by atoms with Crippen LogP contribution >= 0.6 is 24.0 Å².